The fourth-order valence-corrected chi connectivity index (χ4v) is 6.38. The number of carbonyl (C=O) groups is 1. The normalized spacial score (nSPS) is 11.5. The van der Waals surface area contributed by atoms with Crippen molar-refractivity contribution in [3.63, 3.8) is 0 Å². The number of aromatic nitrogens is 1. The molecular weight excluding hydrogens is 572 g/mol. The molecule has 2 aromatic heterocycles. The van der Waals surface area contributed by atoms with Crippen LogP contribution in [0.15, 0.2) is 83.8 Å². The molecule has 0 saturated heterocycles. The van der Waals surface area contributed by atoms with Crippen molar-refractivity contribution in [1.82, 2.24) is 9.47 Å². The molecule has 220 valence electrons. The van der Waals surface area contributed by atoms with Gasteiger partial charge in [-0.25, -0.2) is 8.78 Å². The van der Waals surface area contributed by atoms with Crippen LogP contribution in [0.1, 0.15) is 40.9 Å². The van der Waals surface area contributed by atoms with E-state index in [-0.39, 0.29) is 29.1 Å². The van der Waals surface area contributed by atoms with Crippen LogP contribution in [0.2, 0.25) is 0 Å². The Balaban J connectivity index is 1.76. The summed E-state index contributed by atoms with van der Waals surface area (Å²) in [7, 11) is 1.91. The van der Waals surface area contributed by atoms with Gasteiger partial charge < -0.3 is 4.57 Å². The number of hydrogen-bond acceptors (Lipinski definition) is 6. The highest BCUT2D eigenvalue weighted by Crippen LogP contribution is 2.39. The first-order valence-corrected chi connectivity index (χ1v) is 14.5. The molecule has 0 amide bonds. The van der Waals surface area contributed by atoms with Gasteiger partial charge in [0, 0.05) is 47.8 Å². The average Bonchev–Trinajstić information content (AvgIpc) is 3.35. The summed E-state index contributed by atoms with van der Waals surface area (Å²) in [6.45, 7) is 4.02. The lowest BCUT2D eigenvalue weighted by Crippen LogP contribution is -2.24. The van der Waals surface area contributed by atoms with Crippen molar-refractivity contribution >= 4 is 33.0 Å². The van der Waals surface area contributed by atoms with Crippen molar-refractivity contribution in [2.45, 2.75) is 33.5 Å². The van der Waals surface area contributed by atoms with Gasteiger partial charge in [0.25, 0.3) is 5.69 Å². The molecule has 10 heteroatoms. The minimum absolute atomic E-state index is 0.0562. The Morgan fingerprint density at radius 1 is 0.953 bits per heavy atom. The third-order valence-electron chi connectivity index (χ3n) is 7.25. The first-order chi connectivity index (χ1) is 20.5. The summed E-state index contributed by atoms with van der Waals surface area (Å²) in [6, 6.07) is 19.4. The van der Waals surface area contributed by atoms with Gasteiger partial charge in [0.15, 0.2) is 5.78 Å². The first-order valence-electron chi connectivity index (χ1n) is 13.7. The minimum Gasteiger partial charge on any atom is -0.334 e. The number of fused-ring (bicyclic) bond motifs is 1. The van der Waals surface area contributed by atoms with Crippen LogP contribution in [0.5, 0.6) is 0 Å². The summed E-state index contributed by atoms with van der Waals surface area (Å²) >= 11 is 1.25. The predicted octanol–water partition coefficient (Wildman–Crippen LogP) is 7.44. The Labute approximate surface area is 250 Å². The van der Waals surface area contributed by atoms with Gasteiger partial charge in [-0.15, -0.1) is 11.3 Å². The Bertz CT molecular complexity index is 1860. The number of rotatable bonds is 10. The SMILES string of the molecule is CC(C)C(=O)c1cn(Cc2c(F)cccc2F)c2sc(-c3ccc([N+](=O)[O-])cc3)c(CN(C)Cc3ccccc3)c2c1=O. The van der Waals surface area contributed by atoms with E-state index in [1.165, 1.54) is 47.9 Å². The number of non-ortho nitro benzene ring substituents is 1. The fraction of sp³-hybridized carbons (Fsp3) is 0.212. The van der Waals surface area contributed by atoms with Crippen molar-refractivity contribution in [2.75, 3.05) is 7.05 Å². The zero-order valence-corrected chi connectivity index (χ0v) is 24.7. The number of ketones is 1. The summed E-state index contributed by atoms with van der Waals surface area (Å²) in [5.41, 5.74) is 1.57. The molecule has 2 heterocycles. The van der Waals surface area contributed by atoms with Crippen LogP contribution in [0.3, 0.4) is 0 Å². The highest BCUT2D eigenvalue weighted by atomic mass is 32.1. The van der Waals surface area contributed by atoms with Crippen molar-refractivity contribution in [3.8, 4) is 10.4 Å². The molecule has 0 spiro atoms. The molecule has 3 aromatic carbocycles. The molecule has 0 saturated carbocycles. The number of carbonyl (C=O) groups excluding carboxylic acids is 1. The van der Waals surface area contributed by atoms with Gasteiger partial charge in [-0.2, -0.15) is 0 Å². The number of nitro benzene ring substituents is 1. The Kier molecular flexibility index (Phi) is 8.61. The van der Waals surface area contributed by atoms with E-state index in [0.29, 0.717) is 39.3 Å². The summed E-state index contributed by atoms with van der Waals surface area (Å²) in [6.07, 6.45) is 1.40. The summed E-state index contributed by atoms with van der Waals surface area (Å²) in [4.78, 5) is 41.3. The maximum Gasteiger partial charge on any atom is 0.269 e. The standard InChI is InChI=1S/C33H29F2N3O4S/c1-20(2)30(39)26-19-37(18-24-27(34)10-7-11-28(24)35)33-29(31(26)40)25(17-36(3)16-21-8-5-4-6-9-21)32(43-33)22-12-14-23(15-13-22)38(41)42/h4-15,19-20H,16-18H2,1-3H3. The van der Waals surface area contributed by atoms with Crippen LogP contribution in [0.4, 0.5) is 14.5 Å². The molecular formula is C33H29F2N3O4S. The lowest BCUT2D eigenvalue weighted by atomic mass is 9.99. The highest BCUT2D eigenvalue weighted by Gasteiger charge is 2.26. The van der Waals surface area contributed by atoms with E-state index < -0.39 is 27.9 Å². The number of halogens is 2. The number of thiophene rings is 1. The Morgan fingerprint density at radius 3 is 2.21 bits per heavy atom. The number of hydrogen-bond donors (Lipinski definition) is 0. The molecule has 0 bridgehead atoms. The van der Waals surface area contributed by atoms with Crippen LogP contribution < -0.4 is 5.43 Å². The van der Waals surface area contributed by atoms with Crippen molar-refractivity contribution < 1.29 is 18.5 Å². The molecule has 0 fully saturated rings. The first kappa shape index (κ1) is 29.9. The van der Waals surface area contributed by atoms with Gasteiger partial charge in [-0.1, -0.05) is 50.2 Å². The van der Waals surface area contributed by atoms with E-state index in [4.69, 9.17) is 0 Å². The molecule has 0 atom stereocenters. The number of pyridine rings is 1. The highest BCUT2D eigenvalue weighted by molar-refractivity contribution is 7.22. The fourth-order valence-electron chi connectivity index (χ4n) is 5.09. The maximum atomic E-state index is 14.8. The Morgan fingerprint density at radius 2 is 1.60 bits per heavy atom. The van der Waals surface area contributed by atoms with Crippen LogP contribution in [0.25, 0.3) is 20.7 Å². The molecule has 5 rings (SSSR count). The average molecular weight is 602 g/mol. The van der Waals surface area contributed by atoms with E-state index in [2.05, 4.69) is 0 Å². The molecule has 7 nitrogen and oxygen atoms in total. The van der Waals surface area contributed by atoms with Crippen molar-refractivity contribution in [1.29, 1.82) is 0 Å². The largest absolute Gasteiger partial charge is 0.334 e. The monoisotopic (exact) mass is 601 g/mol. The van der Waals surface area contributed by atoms with Crippen LogP contribution in [-0.4, -0.2) is 27.2 Å². The zero-order valence-electron chi connectivity index (χ0n) is 23.8. The number of nitro groups is 1. The third kappa shape index (κ3) is 6.16. The van der Waals surface area contributed by atoms with Gasteiger partial charge in [0.05, 0.1) is 22.4 Å². The maximum absolute atomic E-state index is 14.8. The molecule has 0 aliphatic rings. The van der Waals surface area contributed by atoms with E-state index in [0.717, 1.165) is 5.56 Å². The smallest absolute Gasteiger partial charge is 0.269 e. The van der Waals surface area contributed by atoms with E-state index >= 15 is 0 Å². The minimum atomic E-state index is -0.737. The van der Waals surface area contributed by atoms with E-state index in [9.17, 15) is 28.5 Å². The van der Waals surface area contributed by atoms with Crippen LogP contribution >= 0.6 is 11.3 Å². The van der Waals surface area contributed by atoms with Crippen LogP contribution in [0, 0.1) is 27.7 Å². The van der Waals surface area contributed by atoms with E-state index in [1.54, 1.807) is 30.5 Å². The topological polar surface area (TPSA) is 85.4 Å². The van der Waals surface area contributed by atoms with Gasteiger partial charge in [0.1, 0.15) is 16.5 Å². The van der Waals surface area contributed by atoms with Crippen molar-refractivity contribution in [2.24, 2.45) is 5.92 Å². The number of nitrogens with zero attached hydrogens (tertiary/aromatic N) is 3. The molecule has 5 aromatic rings. The summed E-state index contributed by atoms with van der Waals surface area (Å²) < 4.78 is 31.2. The molecule has 0 N–H and O–H groups in total. The summed E-state index contributed by atoms with van der Waals surface area (Å²) in [5.74, 6) is -2.33. The quantitative estimate of drug-likeness (QED) is 0.0944. The molecule has 0 aliphatic carbocycles. The lowest BCUT2D eigenvalue weighted by molar-refractivity contribution is -0.384. The molecule has 0 radical (unpaired) electrons. The number of benzene rings is 3. The van der Waals surface area contributed by atoms with Gasteiger partial charge in [-0.05, 0) is 48.0 Å². The Hall–Kier alpha value is -4.54. The molecule has 0 unspecified atom stereocenters. The third-order valence-corrected chi connectivity index (χ3v) is 8.57. The zero-order chi connectivity index (χ0) is 30.8. The molecule has 43 heavy (non-hydrogen) atoms. The predicted molar refractivity (Wildman–Crippen MR) is 164 cm³/mol. The molecule has 0 aliphatic heterocycles. The second kappa shape index (κ2) is 12.4. The second-order valence-electron chi connectivity index (χ2n) is 10.8. The van der Waals surface area contributed by atoms with Gasteiger partial charge in [-0.3, -0.25) is 24.6 Å². The van der Waals surface area contributed by atoms with Gasteiger partial charge in [0.2, 0.25) is 5.43 Å². The van der Waals surface area contributed by atoms with Crippen LogP contribution in [-0.2, 0) is 19.6 Å². The van der Waals surface area contributed by atoms with Gasteiger partial charge >= 0.3 is 0 Å². The van der Waals surface area contributed by atoms with Crippen molar-refractivity contribution in [3.05, 3.63) is 133 Å². The second-order valence-corrected chi connectivity index (χ2v) is 11.8. The lowest BCUT2D eigenvalue weighted by Gasteiger charge is -2.18. The van der Waals surface area contributed by atoms with E-state index in [1.807, 2.05) is 42.3 Å². The number of Topliss-reactive ketones (excluding diaryl/α,β-unsaturated/α-hetero) is 1. The summed E-state index contributed by atoms with van der Waals surface area (Å²) in [5, 5.41) is 11.6.